The van der Waals surface area contributed by atoms with E-state index in [0.29, 0.717) is 16.1 Å². The van der Waals surface area contributed by atoms with Gasteiger partial charge in [-0.3, -0.25) is 0 Å². The van der Waals surface area contributed by atoms with Gasteiger partial charge in [0.2, 0.25) is 0 Å². The summed E-state index contributed by atoms with van der Waals surface area (Å²) in [4.78, 5) is 17.9. The van der Waals surface area contributed by atoms with Crippen molar-refractivity contribution in [2.24, 2.45) is 0 Å². The van der Waals surface area contributed by atoms with Crippen LogP contribution in [0.15, 0.2) is 30.5 Å². The summed E-state index contributed by atoms with van der Waals surface area (Å²) in [5, 5.41) is 17.6. The monoisotopic (exact) mass is 368 g/mol. The summed E-state index contributed by atoms with van der Waals surface area (Å²) in [6, 6.07) is 8.31. The molecule has 1 heterocycles. The zero-order chi connectivity index (χ0) is 16.3. The van der Waals surface area contributed by atoms with E-state index in [0.717, 1.165) is 0 Å². The number of carboxylic acid groups (broad SMARTS) is 1. The Kier molecular flexibility index (Phi) is 4.48. The number of nitriles is 1. The van der Waals surface area contributed by atoms with Gasteiger partial charge in [0.05, 0.1) is 0 Å². The number of rotatable bonds is 3. The fraction of sp³-hybridized carbons (Fsp3) is 0.0769. The van der Waals surface area contributed by atoms with E-state index in [9.17, 15) is 18.0 Å². The first-order chi connectivity index (χ1) is 10.3. The molecule has 5 nitrogen and oxygen atoms in total. The van der Waals surface area contributed by atoms with Crippen LogP contribution in [0.1, 0.15) is 21.6 Å². The number of carbonyl (C=O) groups is 1. The summed E-state index contributed by atoms with van der Waals surface area (Å²) in [7, 11) is 0. The van der Waals surface area contributed by atoms with Crippen molar-refractivity contribution in [3.8, 4) is 6.07 Å². The molecule has 0 spiro atoms. The number of halogens is 3. The fourth-order valence-electron chi connectivity index (χ4n) is 1.56. The molecule has 0 aliphatic rings. The van der Waals surface area contributed by atoms with Crippen molar-refractivity contribution in [2.75, 3.05) is 0 Å². The molecule has 0 unspecified atom stereocenters. The van der Waals surface area contributed by atoms with Gasteiger partial charge in [0.1, 0.15) is 0 Å². The Morgan fingerprint density at radius 3 is 2.68 bits per heavy atom. The summed E-state index contributed by atoms with van der Waals surface area (Å²) >= 11 is -0.993. The Balaban J connectivity index is 2.41. The molecule has 2 aromatic rings. The molecule has 2 rings (SSSR count). The van der Waals surface area contributed by atoms with Crippen molar-refractivity contribution < 1.29 is 23.1 Å². The van der Waals surface area contributed by atoms with Crippen LogP contribution in [0.3, 0.4) is 0 Å². The second-order valence-electron chi connectivity index (χ2n) is 4.01. The van der Waals surface area contributed by atoms with Crippen LogP contribution in [0.2, 0.25) is 0 Å². The Morgan fingerprint density at radius 1 is 1.36 bits per heavy atom. The fourth-order valence-corrected chi connectivity index (χ4v) is 3.37. The predicted molar refractivity (Wildman–Crippen MR) is 70.2 cm³/mol. The molecule has 0 atom stereocenters. The first-order valence-electron chi connectivity index (χ1n) is 5.70. The number of nitrogens with zero attached hydrogens (tertiary/aromatic N) is 3. The van der Waals surface area contributed by atoms with Gasteiger partial charge in [-0.15, -0.1) is 0 Å². The van der Waals surface area contributed by atoms with Crippen molar-refractivity contribution in [1.29, 1.82) is 5.26 Å². The quantitative estimate of drug-likeness (QED) is 0.807. The third-order valence-electron chi connectivity index (χ3n) is 2.48. The first-order valence-corrected chi connectivity index (χ1v) is 7.58. The molecule has 1 aromatic carbocycles. The Morgan fingerprint density at radius 2 is 2.09 bits per heavy atom. The molecule has 9 heteroatoms. The van der Waals surface area contributed by atoms with Crippen molar-refractivity contribution in [3.05, 3.63) is 47.3 Å². The van der Waals surface area contributed by atoms with Crippen LogP contribution < -0.4 is 8.96 Å². The summed E-state index contributed by atoms with van der Waals surface area (Å²) in [5.41, 5.74) is -2.06. The van der Waals surface area contributed by atoms with Gasteiger partial charge in [-0.2, -0.15) is 0 Å². The van der Waals surface area contributed by atoms with E-state index in [1.165, 1.54) is 0 Å². The zero-order valence-electron chi connectivity index (χ0n) is 10.7. The SMILES string of the molecule is N#Cc1cccc([As]c2ncc(C(=O)O)c(C(F)(F)F)n2)c1. The van der Waals surface area contributed by atoms with Gasteiger partial charge in [-0.25, -0.2) is 0 Å². The van der Waals surface area contributed by atoms with Gasteiger partial charge in [-0.1, -0.05) is 0 Å². The molecule has 22 heavy (non-hydrogen) atoms. The maximum absolute atomic E-state index is 12.9. The first kappa shape index (κ1) is 16.0. The van der Waals surface area contributed by atoms with Crippen LogP contribution in [0.5, 0.6) is 0 Å². The molecule has 0 bridgehead atoms. The average molecular weight is 368 g/mol. The van der Waals surface area contributed by atoms with E-state index in [1.54, 1.807) is 24.3 Å². The molecular formula is C13H6AsF3N3O2. The van der Waals surface area contributed by atoms with Crippen molar-refractivity contribution in [1.82, 2.24) is 9.97 Å². The molecular weight excluding hydrogens is 362 g/mol. The molecule has 0 saturated carbocycles. The number of aromatic carboxylic acids is 1. The number of hydrogen-bond acceptors (Lipinski definition) is 4. The van der Waals surface area contributed by atoms with Crippen molar-refractivity contribution in [3.63, 3.8) is 0 Å². The third kappa shape index (κ3) is 3.62. The van der Waals surface area contributed by atoms with E-state index in [-0.39, 0.29) is 4.61 Å². The summed E-state index contributed by atoms with van der Waals surface area (Å²) < 4.78 is 39.1. The molecule has 0 fully saturated rings. The zero-order valence-corrected chi connectivity index (χ0v) is 12.5. The molecule has 111 valence electrons. The average Bonchev–Trinajstić information content (AvgIpc) is 2.46. The Bertz CT molecular complexity index is 772. The topological polar surface area (TPSA) is 86.9 Å². The Labute approximate surface area is 129 Å². The molecule has 0 aliphatic carbocycles. The van der Waals surface area contributed by atoms with Gasteiger partial charge in [-0.05, 0) is 0 Å². The van der Waals surface area contributed by atoms with Gasteiger partial charge in [0.25, 0.3) is 0 Å². The minimum atomic E-state index is -4.87. The van der Waals surface area contributed by atoms with E-state index in [1.807, 2.05) is 6.07 Å². The normalized spacial score (nSPS) is 11.5. The molecule has 0 aliphatic heterocycles. The van der Waals surface area contributed by atoms with Crippen LogP contribution in [-0.2, 0) is 6.18 Å². The predicted octanol–water partition coefficient (Wildman–Crippen LogP) is 0.720. The second kappa shape index (κ2) is 6.16. The van der Waals surface area contributed by atoms with E-state index in [2.05, 4.69) is 9.97 Å². The number of benzene rings is 1. The van der Waals surface area contributed by atoms with Crippen molar-refractivity contribution in [2.45, 2.75) is 6.18 Å². The minimum absolute atomic E-state index is 0.0799. The van der Waals surface area contributed by atoms with Gasteiger partial charge >= 0.3 is 129 Å². The van der Waals surface area contributed by atoms with E-state index < -0.39 is 39.2 Å². The van der Waals surface area contributed by atoms with Crippen LogP contribution in [0.25, 0.3) is 0 Å². The number of hydrogen-bond donors (Lipinski definition) is 1. The molecule has 0 amide bonds. The molecule has 1 N–H and O–H groups in total. The standard InChI is InChI=1S/C13H6AsF3N3O2/c15-13(16,17)10-9(11(21)22)6-19-12(20-10)14-8-3-1-2-7(4-8)5-18/h1-4,6H,(H,21,22). The molecule has 1 aromatic heterocycles. The summed E-state index contributed by atoms with van der Waals surface area (Å²) in [5.74, 6) is -1.73. The molecule has 0 saturated heterocycles. The van der Waals surface area contributed by atoms with Crippen LogP contribution >= 0.6 is 0 Å². The number of carboxylic acids is 1. The summed E-state index contributed by atoms with van der Waals surface area (Å²) in [6.07, 6.45) is -4.21. The van der Waals surface area contributed by atoms with Gasteiger partial charge in [0.15, 0.2) is 0 Å². The van der Waals surface area contributed by atoms with Crippen molar-refractivity contribution >= 4 is 30.7 Å². The van der Waals surface area contributed by atoms with Gasteiger partial charge in [0, 0.05) is 0 Å². The summed E-state index contributed by atoms with van der Waals surface area (Å²) in [6.45, 7) is 0. The number of alkyl halides is 3. The maximum atomic E-state index is 12.9. The van der Waals surface area contributed by atoms with Crippen LogP contribution in [0.4, 0.5) is 13.2 Å². The Hall–Kier alpha value is -2.39. The molecule has 1 radical (unpaired) electrons. The number of aromatic nitrogens is 2. The van der Waals surface area contributed by atoms with E-state index in [4.69, 9.17) is 10.4 Å². The second-order valence-corrected chi connectivity index (χ2v) is 6.40. The van der Waals surface area contributed by atoms with Crippen LogP contribution in [-0.4, -0.2) is 36.8 Å². The van der Waals surface area contributed by atoms with Crippen LogP contribution in [0, 0.1) is 11.3 Å². The van der Waals surface area contributed by atoms with E-state index >= 15 is 0 Å². The van der Waals surface area contributed by atoms with Gasteiger partial charge < -0.3 is 0 Å². The third-order valence-corrected chi connectivity index (χ3v) is 4.48.